The first kappa shape index (κ1) is 14.5. The minimum atomic E-state index is -0.982. The average molecular weight is 311 g/mol. The quantitative estimate of drug-likeness (QED) is 0.809. The third-order valence-electron chi connectivity index (χ3n) is 5.12. The summed E-state index contributed by atoms with van der Waals surface area (Å²) in [5.74, 6) is -0.194. The van der Waals surface area contributed by atoms with E-state index in [4.69, 9.17) is 0 Å². The monoisotopic (exact) mass is 311 g/mol. The second kappa shape index (κ2) is 5.49. The summed E-state index contributed by atoms with van der Waals surface area (Å²) in [5.41, 5.74) is 3.75. The molecule has 0 fully saturated rings. The molecule has 23 heavy (non-hydrogen) atoms. The van der Waals surface area contributed by atoms with Gasteiger partial charge in [0, 0.05) is 11.3 Å². The molecule has 0 saturated carbocycles. The van der Waals surface area contributed by atoms with Gasteiger partial charge in [-0.3, -0.25) is 9.89 Å². The van der Waals surface area contributed by atoms with Gasteiger partial charge in [-0.2, -0.15) is 5.10 Å². The molecule has 4 rings (SSSR count). The maximum absolute atomic E-state index is 12.5. The average Bonchev–Trinajstić information content (AvgIpc) is 3.16. The van der Waals surface area contributed by atoms with E-state index in [1.807, 2.05) is 18.2 Å². The molecule has 1 aromatic heterocycles. The molecule has 3 N–H and O–H groups in total. The molecular weight excluding hydrogens is 290 g/mol. The molecule has 1 aromatic carbocycles. The third-order valence-corrected chi connectivity index (χ3v) is 5.12. The van der Waals surface area contributed by atoms with Gasteiger partial charge in [-0.25, -0.2) is 0 Å². The van der Waals surface area contributed by atoms with Crippen molar-refractivity contribution in [2.75, 3.05) is 6.54 Å². The summed E-state index contributed by atoms with van der Waals surface area (Å²) in [4.78, 5) is 12.5. The Bertz CT molecular complexity index is 752. The van der Waals surface area contributed by atoms with Crippen molar-refractivity contribution >= 4 is 5.91 Å². The Hall–Kier alpha value is -2.14. The van der Waals surface area contributed by atoms with Gasteiger partial charge in [0.1, 0.15) is 5.60 Å². The van der Waals surface area contributed by atoms with Crippen LogP contribution in [0.3, 0.4) is 0 Å². The van der Waals surface area contributed by atoms with Gasteiger partial charge < -0.3 is 10.4 Å². The van der Waals surface area contributed by atoms with Gasteiger partial charge >= 0.3 is 0 Å². The fourth-order valence-electron chi connectivity index (χ4n) is 3.90. The summed E-state index contributed by atoms with van der Waals surface area (Å²) in [6.07, 6.45) is 5.53. The predicted molar refractivity (Wildman–Crippen MR) is 86.2 cm³/mol. The second-order valence-electron chi connectivity index (χ2n) is 6.61. The highest BCUT2D eigenvalue weighted by Crippen LogP contribution is 2.34. The van der Waals surface area contributed by atoms with Crippen molar-refractivity contribution in [3.05, 3.63) is 52.3 Å². The van der Waals surface area contributed by atoms with Gasteiger partial charge in [0.2, 0.25) is 0 Å². The Labute approximate surface area is 135 Å². The Kier molecular flexibility index (Phi) is 3.45. The van der Waals surface area contributed by atoms with E-state index in [1.165, 1.54) is 5.56 Å². The number of carbonyl (C=O) groups excluding carboxylic acids is 1. The SMILES string of the molecule is O=C(NCC1(O)CCCc2ccccc21)c1n[nH]c2c1CCC2. The predicted octanol–water partition coefficient (Wildman–Crippen LogP) is 1.85. The van der Waals surface area contributed by atoms with E-state index in [2.05, 4.69) is 21.6 Å². The zero-order chi connectivity index (χ0) is 15.9. The van der Waals surface area contributed by atoms with Crippen LogP contribution in [0.5, 0.6) is 0 Å². The lowest BCUT2D eigenvalue weighted by Gasteiger charge is -2.34. The highest BCUT2D eigenvalue weighted by Gasteiger charge is 2.35. The third kappa shape index (κ3) is 2.45. The number of hydrogen-bond acceptors (Lipinski definition) is 3. The molecular formula is C18H21N3O2. The van der Waals surface area contributed by atoms with Crippen LogP contribution in [0.1, 0.15) is 52.1 Å². The van der Waals surface area contributed by atoms with E-state index >= 15 is 0 Å². The molecule has 2 aliphatic carbocycles. The first-order valence-corrected chi connectivity index (χ1v) is 8.32. The highest BCUT2D eigenvalue weighted by molar-refractivity contribution is 5.94. The zero-order valence-electron chi connectivity index (χ0n) is 13.1. The fraction of sp³-hybridized carbons (Fsp3) is 0.444. The second-order valence-corrected chi connectivity index (χ2v) is 6.61. The number of fused-ring (bicyclic) bond motifs is 2. The van der Waals surface area contributed by atoms with Gasteiger partial charge in [-0.1, -0.05) is 24.3 Å². The van der Waals surface area contributed by atoms with E-state index in [9.17, 15) is 9.90 Å². The van der Waals surface area contributed by atoms with Crippen molar-refractivity contribution in [3.8, 4) is 0 Å². The van der Waals surface area contributed by atoms with Crippen LogP contribution >= 0.6 is 0 Å². The highest BCUT2D eigenvalue weighted by atomic mass is 16.3. The topological polar surface area (TPSA) is 78.0 Å². The van der Waals surface area contributed by atoms with Crippen LogP contribution in [0.25, 0.3) is 0 Å². The number of benzene rings is 1. The number of carbonyl (C=O) groups is 1. The number of aromatic nitrogens is 2. The number of H-pyrrole nitrogens is 1. The molecule has 0 spiro atoms. The molecule has 1 amide bonds. The molecule has 120 valence electrons. The number of aromatic amines is 1. The van der Waals surface area contributed by atoms with Gasteiger partial charge in [-0.05, 0) is 49.7 Å². The fourth-order valence-corrected chi connectivity index (χ4v) is 3.90. The van der Waals surface area contributed by atoms with Gasteiger partial charge in [0.25, 0.3) is 5.91 Å². The van der Waals surface area contributed by atoms with Crippen LogP contribution in [0.15, 0.2) is 24.3 Å². The number of aliphatic hydroxyl groups is 1. The standard InChI is InChI=1S/C18H21N3O2/c22-17(16-13-7-3-9-15(13)20-21-16)19-11-18(23)10-4-6-12-5-1-2-8-14(12)18/h1-2,5,8,23H,3-4,6-7,9-11H2,(H,19,22)(H,20,21). The van der Waals surface area contributed by atoms with Crippen LogP contribution < -0.4 is 5.32 Å². The van der Waals surface area contributed by atoms with E-state index in [-0.39, 0.29) is 12.5 Å². The first-order chi connectivity index (χ1) is 11.2. The number of hydrogen-bond donors (Lipinski definition) is 3. The first-order valence-electron chi connectivity index (χ1n) is 8.32. The molecule has 5 nitrogen and oxygen atoms in total. The number of rotatable bonds is 3. The van der Waals surface area contributed by atoms with Gasteiger partial charge in [0.05, 0.1) is 6.54 Å². The molecule has 5 heteroatoms. The summed E-state index contributed by atoms with van der Waals surface area (Å²) in [6.45, 7) is 0.227. The van der Waals surface area contributed by atoms with Crippen LogP contribution in [0.4, 0.5) is 0 Å². The number of amides is 1. The molecule has 0 aliphatic heterocycles. The van der Waals surface area contributed by atoms with Crippen molar-refractivity contribution in [3.63, 3.8) is 0 Å². The van der Waals surface area contributed by atoms with Crippen molar-refractivity contribution in [2.45, 2.75) is 44.1 Å². The van der Waals surface area contributed by atoms with E-state index in [1.54, 1.807) is 0 Å². The molecule has 0 saturated heterocycles. The number of nitrogens with one attached hydrogen (secondary N) is 2. The van der Waals surface area contributed by atoms with Crippen LogP contribution in [-0.2, 0) is 24.9 Å². The smallest absolute Gasteiger partial charge is 0.272 e. The maximum atomic E-state index is 12.5. The zero-order valence-corrected chi connectivity index (χ0v) is 13.1. The van der Waals surface area contributed by atoms with E-state index < -0.39 is 5.60 Å². The minimum absolute atomic E-state index is 0.194. The largest absolute Gasteiger partial charge is 0.383 e. The van der Waals surface area contributed by atoms with Crippen molar-refractivity contribution in [2.24, 2.45) is 0 Å². The van der Waals surface area contributed by atoms with E-state index in [0.29, 0.717) is 12.1 Å². The van der Waals surface area contributed by atoms with Crippen LogP contribution in [0.2, 0.25) is 0 Å². The summed E-state index contributed by atoms with van der Waals surface area (Å²) >= 11 is 0. The molecule has 1 atom stereocenters. The molecule has 2 aromatic rings. The Morgan fingerprint density at radius 2 is 2.13 bits per heavy atom. The number of nitrogens with zero attached hydrogens (tertiary/aromatic N) is 1. The summed E-state index contributed by atoms with van der Waals surface area (Å²) < 4.78 is 0. The molecule has 0 radical (unpaired) electrons. The maximum Gasteiger partial charge on any atom is 0.272 e. The summed E-state index contributed by atoms with van der Waals surface area (Å²) in [7, 11) is 0. The van der Waals surface area contributed by atoms with Crippen molar-refractivity contribution in [1.29, 1.82) is 0 Å². The lowest BCUT2D eigenvalue weighted by atomic mass is 9.79. The van der Waals surface area contributed by atoms with E-state index in [0.717, 1.165) is 48.9 Å². The Morgan fingerprint density at radius 3 is 3.04 bits per heavy atom. The Balaban J connectivity index is 1.52. The van der Waals surface area contributed by atoms with Crippen LogP contribution in [0, 0.1) is 0 Å². The molecule has 0 bridgehead atoms. The summed E-state index contributed by atoms with van der Waals surface area (Å²) in [6, 6.07) is 7.96. The molecule has 1 heterocycles. The lowest BCUT2D eigenvalue weighted by molar-refractivity contribution is 0.0189. The summed E-state index contributed by atoms with van der Waals surface area (Å²) in [5, 5.41) is 21.0. The normalized spacial score (nSPS) is 22.5. The van der Waals surface area contributed by atoms with Crippen molar-refractivity contribution < 1.29 is 9.90 Å². The lowest BCUT2D eigenvalue weighted by Crippen LogP contribution is -2.43. The number of aryl methyl sites for hydroxylation is 2. The molecule has 2 aliphatic rings. The van der Waals surface area contributed by atoms with Gasteiger partial charge in [0.15, 0.2) is 5.69 Å². The van der Waals surface area contributed by atoms with Gasteiger partial charge in [-0.15, -0.1) is 0 Å². The van der Waals surface area contributed by atoms with Crippen LogP contribution in [-0.4, -0.2) is 27.8 Å². The Morgan fingerprint density at radius 1 is 1.26 bits per heavy atom. The minimum Gasteiger partial charge on any atom is -0.383 e. The van der Waals surface area contributed by atoms with Crippen molar-refractivity contribution in [1.82, 2.24) is 15.5 Å². The molecule has 1 unspecified atom stereocenters.